The third-order valence-corrected chi connectivity index (χ3v) is 1.94. The fourth-order valence-electron chi connectivity index (χ4n) is 1.25. The molecule has 69 valence electrons. The van der Waals surface area contributed by atoms with Crippen molar-refractivity contribution in [3.63, 3.8) is 0 Å². The first kappa shape index (κ1) is 8.81. The van der Waals surface area contributed by atoms with Gasteiger partial charge in [0, 0.05) is 18.0 Å². The van der Waals surface area contributed by atoms with E-state index in [-0.39, 0.29) is 0 Å². The van der Waals surface area contributed by atoms with E-state index in [2.05, 4.69) is 16.3 Å². The van der Waals surface area contributed by atoms with Crippen LogP contribution >= 0.6 is 0 Å². The summed E-state index contributed by atoms with van der Waals surface area (Å²) in [5.74, 6) is 0. The number of rotatable bonds is 2. The molecule has 0 aliphatic rings. The van der Waals surface area contributed by atoms with Crippen molar-refractivity contribution in [3.05, 3.63) is 48.5 Å². The molecule has 1 heterocycles. The van der Waals surface area contributed by atoms with Crippen molar-refractivity contribution in [2.24, 2.45) is 0 Å². The number of hydrogen-bond acceptors (Lipinski definition) is 2. The van der Waals surface area contributed by atoms with Gasteiger partial charge in [-0.2, -0.15) is 0 Å². The van der Waals surface area contributed by atoms with Crippen LogP contribution in [0.5, 0.6) is 0 Å². The third kappa shape index (κ3) is 1.76. The smallest absolute Gasteiger partial charge is 0.197 e. The van der Waals surface area contributed by atoms with Gasteiger partial charge < -0.3 is 0 Å². The van der Waals surface area contributed by atoms with Gasteiger partial charge in [-0.05, 0) is 17.2 Å². The van der Waals surface area contributed by atoms with Crippen molar-refractivity contribution in [1.29, 1.82) is 0 Å². The number of alkyl halides is 1. The Morgan fingerprint density at radius 3 is 2.64 bits per heavy atom. The van der Waals surface area contributed by atoms with E-state index in [1.54, 1.807) is 24.5 Å². The van der Waals surface area contributed by atoms with Crippen LogP contribution in [0.4, 0.5) is 4.39 Å². The fraction of sp³-hybridized carbons (Fsp3) is 0.0909. The van der Waals surface area contributed by atoms with Crippen LogP contribution in [0.25, 0.3) is 11.1 Å². The average molecular weight is 187 g/mol. The Bertz CT molecular complexity index is 415. The van der Waals surface area contributed by atoms with Gasteiger partial charge in [0.1, 0.15) is 6.67 Å². The van der Waals surface area contributed by atoms with Crippen LogP contribution in [0.2, 0.25) is 0 Å². The third-order valence-electron chi connectivity index (χ3n) is 1.94. The van der Waals surface area contributed by atoms with Crippen molar-refractivity contribution >= 4 is 0 Å². The maximum absolute atomic E-state index is 12.4. The summed E-state index contributed by atoms with van der Waals surface area (Å²) in [7, 11) is 0. The lowest BCUT2D eigenvalue weighted by atomic mass is 10.1. The summed E-state index contributed by atoms with van der Waals surface area (Å²) in [6.07, 6.45) is 5.77. The van der Waals surface area contributed by atoms with Gasteiger partial charge >= 0.3 is 0 Å². The van der Waals surface area contributed by atoms with Crippen molar-refractivity contribution in [1.82, 2.24) is 9.97 Å². The lowest BCUT2D eigenvalue weighted by molar-refractivity contribution is 0.485. The van der Waals surface area contributed by atoms with Crippen LogP contribution in [0, 0.1) is 6.33 Å². The maximum Gasteiger partial charge on any atom is 0.197 e. The second-order valence-corrected chi connectivity index (χ2v) is 2.91. The zero-order chi connectivity index (χ0) is 9.80. The zero-order valence-corrected chi connectivity index (χ0v) is 7.44. The summed E-state index contributed by atoms with van der Waals surface area (Å²) < 4.78 is 12.4. The molecule has 2 aromatic rings. The second-order valence-electron chi connectivity index (χ2n) is 2.91. The summed E-state index contributed by atoms with van der Waals surface area (Å²) in [6, 6.07) is 7.26. The van der Waals surface area contributed by atoms with Gasteiger partial charge in [0.25, 0.3) is 0 Å². The molecule has 0 unspecified atom stereocenters. The molecule has 0 atom stereocenters. The number of benzene rings is 1. The molecule has 0 saturated carbocycles. The number of halogens is 1. The molecule has 1 aromatic heterocycles. The Morgan fingerprint density at radius 2 is 1.93 bits per heavy atom. The largest absolute Gasteiger partial charge is 0.246 e. The van der Waals surface area contributed by atoms with Crippen LogP contribution in [0.15, 0.2) is 36.7 Å². The van der Waals surface area contributed by atoms with Gasteiger partial charge in [-0.1, -0.05) is 18.2 Å². The van der Waals surface area contributed by atoms with E-state index in [0.717, 1.165) is 11.1 Å². The normalized spacial score (nSPS) is 10.1. The summed E-state index contributed by atoms with van der Waals surface area (Å²) in [5.41, 5.74) is 2.46. The van der Waals surface area contributed by atoms with Gasteiger partial charge in [-0.25, -0.2) is 14.4 Å². The minimum absolute atomic E-state index is 0.451. The molecule has 0 aliphatic carbocycles. The van der Waals surface area contributed by atoms with E-state index >= 15 is 0 Å². The first-order valence-electron chi connectivity index (χ1n) is 4.23. The lowest BCUT2D eigenvalue weighted by Gasteiger charge is -2.01. The minimum atomic E-state index is -0.451. The van der Waals surface area contributed by atoms with Crippen molar-refractivity contribution in [3.8, 4) is 11.1 Å². The summed E-state index contributed by atoms with van der Waals surface area (Å²) in [5, 5.41) is 0. The zero-order valence-electron chi connectivity index (χ0n) is 7.44. The van der Waals surface area contributed by atoms with Gasteiger partial charge in [0.15, 0.2) is 6.33 Å². The first-order chi connectivity index (χ1) is 6.90. The quantitative estimate of drug-likeness (QED) is 0.721. The Balaban J connectivity index is 2.42. The highest BCUT2D eigenvalue weighted by molar-refractivity contribution is 5.61. The molecule has 0 amide bonds. The van der Waals surface area contributed by atoms with Crippen molar-refractivity contribution < 1.29 is 4.39 Å². The number of hydrogen-bond donors (Lipinski definition) is 0. The topological polar surface area (TPSA) is 25.8 Å². The minimum Gasteiger partial charge on any atom is -0.246 e. The molecule has 1 radical (unpaired) electrons. The highest BCUT2D eigenvalue weighted by Gasteiger charge is 1.98. The van der Waals surface area contributed by atoms with E-state index in [1.807, 2.05) is 12.1 Å². The second kappa shape index (κ2) is 3.96. The molecular weight excluding hydrogens is 179 g/mol. The predicted octanol–water partition coefficient (Wildman–Crippen LogP) is 2.41. The van der Waals surface area contributed by atoms with Crippen LogP contribution in [0.3, 0.4) is 0 Å². The van der Waals surface area contributed by atoms with Gasteiger partial charge in [-0.3, -0.25) is 0 Å². The summed E-state index contributed by atoms with van der Waals surface area (Å²) in [6.45, 7) is -0.451. The molecular formula is C11H8FN2. The van der Waals surface area contributed by atoms with Crippen molar-refractivity contribution in [2.75, 3.05) is 0 Å². The molecule has 2 nitrogen and oxygen atoms in total. The van der Waals surface area contributed by atoms with E-state index in [9.17, 15) is 4.39 Å². The van der Waals surface area contributed by atoms with E-state index < -0.39 is 6.67 Å². The molecule has 3 heteroatoms. The Labute approximate surface area is 81.5 Å². The Hall–Kier alpha value is -1.77. The Kier molecular flexibility index (Phi) is 2.49. The van der Waals surface area contributed by atoms with Crippen molar-refractivity contribution in [2.45, 2.75) is 6.67 Å². The Morgan fingerprint density at radius 1 is 1.14 bits per heavy atom. The van der Waals surface area contributed by atoms with E-state index in [1.165, 1.54) is 0 Å². The maximum atomic E-state index is 12.4. The van der Waals surface area contributed by atoms with Crippen LogP contribution in [0.1, 0.15) is 5.56 Å². The number of aromatic nitrogens is 2. The summed E-state index contributed by atoms with van der Waals surface area (Å²) in [4.78, 5) is 7.57. The molecule has 0 bridgehead atoms. The molecule has 0 spiro atoms. The SMILES string of the molecule is FCc1cccc(-c2cn[c]nc2)c1. The van der Waals surface area contributed by atoms with Crippen LogP contribution < -0.4 is 0 Å². The number of nitrogens with zero attached hydrogens (tertiary/aromatic N) is 2. The molecule has 0 fully saturated rings. The predicted molar refractivity (Wildman–Crippen MR) is 51.1 cm³/mol. The van der Waals surface area contributed by atoms with Crippen LogP contribution in [-0.2, 0) is 6.67 Å². The summed E-state index contributed by atoms with van der Waals surface area (Å²) >= 11 is 0. The molecule has 0 N–H and O–H groups in total. The van der Waals surface area contributed by atoms with E-state index in [4.69, 9.17) is 0 Å². The molecule has 0 aliphatic heterocycles. The van der Waals surface area contributed by atoms with Gasteiger partial charge in [0.2, 0.25) is 0 Å². The van der Waals surface area contributed by atoms with Gasteiger partial charge in [0.05, 0.1) is 0 Å². The molecule has 2 rings (SSSR count). The highest BCUT2D eigenvalue weighted by atomic mass is 19.1. The standard InChI is InChI=1S/C11H8FN2/c12-5-9-2-1-3-10(4-9)11-6-13-8-14-7-11/h1-4,6-7H,5H2. The molecule has 1 aromatic carbocycles. The fourth-order valence-corrected chi connectivity index (χ4v) is 1.25. The monoisotopic (exact) mass is 187 g/mol. The molecule has 14 heavy (non-hydrogen) atoms. The van der Waals surface area contributed by atoms with Gasteiger partial charge in [-0.15, -0.1) is 0 Å². The lowest BCUT2D eigenvalue weighted by Crippen LogP contribution is -1.84. The highest BCUT2D eigenvalue weighted by Crippen LogP contribution is 2.18. The first-order valence-corrected chi connectivity index (χ1v) is 4.23. The molecule has 0 saturated heterocycles. The van der Waals surface area contributed by atoms with E-state index in [0.29, 0.717) is 5.56 Å². The average Bonchev–Trinajstić information content (AvgIpc) is 2.30. The van der Waals surface area contributed by atoms with Crippen LogP contribution in [-0.4, -0.2) is 9.97 Å².